The molecule has 0 amide bonds. The summed E-state index contributed by atoms with van der Waals surface area (Å²) in [7, 11) is 2.68. The molecular formula is C34H26F9N5O3. The molecule has 268 valence electrons. The Hall–Kier alpha value is -5.61. The van der Waals surface area contributed by atoms with Crippen molar-refractivity contribution in [1.82, 2.24) is 20.2 Å². The molecule has 0 atom stereocenters. The smallest absolute Gasteiger partial charge is 0.416 e. The maximum absolute atomic E-state index is 14.1. The zero-order valence-corrected chi connectivity index (χ0v) is 26.7. The van der Waals surface area contributed by atoms with E-state index >= 15 is 0 Å². The molecule has 4 aromatic carbocycles. The number of anilines is 1. The Morgan fingerprint density at radius 3 is 1.92 bits per heavy atom. The van der Waals surface area contributed by atoms with E-state index in [0.717, 1.165) is 21.8 Å². The molecule has 17 heteroatoms. The van der Waals surface area contributed by atoms with Crippen LogP contribution >= 0.6 is 0 Å². The number of carboxylic acids is 1. The number of tetrazole rings is 1. The lowest BCUT2D eigenvalue weighted by molar-refractivity contribution is -0.143. The molecule has 0 fully saturated rings. The van der Waals surface area contributed by atoms with Crippen LogP contribution < -0.4 is 9.64 Å². The van der Waals surface area contributed by atoms with Crippen LogP contribution in [0, 0.1) is 6.92 Å². The number of benzene rings is 4. The number of aromatic nitrogens is 4. The third kappa shape index (κ3) is 8.24. The molecule has 0 aliphatic carbocycles. The minimum absolute atomic E-state index is 0.0322. The molecule has 0 aliphatic heterocycles. The Morgan fingerprint density at radius 2 is 1.39 bits per heavy atom. The molecule has 0 bridgehead atoms. The van der Waals surface area contributed by atoms with Gasteiger partial charge in [0.15, 0.2) is 0 Å². The Kier molecular flexibility index (Phi) is 9.78. The van der Waals surface area contributed by atoms with E-state index in [-0.39, 0.29) is 40.0 Å². The number of alkyl halides is 9. The molecule has 0 saturated heterocycles. The maximum Gasteiger partial charge on any atom is 0.416 e. The lowest BCUT2D eigenvalue weighted by Gasteiger charge is -2.25. The number of carboxylic acid groups (broad SMARTS) is 1. The molecule has 1 aromatic heterocycles. The van der Waals surface area contributed by atoms with Crippen molar-refractivity contribution in [3.8, 4) is 28.0 Å². The van der Waals surface area contributed by atoms with Crippen LogP contribution in [0.3, 0.4) is 0 Å². The van der Waals surface area contributed by atoms with E-state index in [1.165, 1.54) is 32.4 Å². The average Bonchev–Trinajstić information content (AvgIpc) is 3.48. The van der Waals surface area contributed by atoms with Gasteiger partial charge in [-0.2, -0.15) is 44.3 Å². The first-order valence-corrected chi connectivity index (χ1v) is 14.7. The van der Waals surface area contributed by atoms with Crippen molar-refractivity contribution in [1.29, 1.82) is 0 Å². The average molecular weight is 724 g/mol. The highest BCUT2D eigenvalue weighted by Crippen LogP contribution is 2.41. The molecule has 0 aliphatic rings. The molecule has 0 saturated carbocycles. The number of hydrogen-bond donors (Lipinski definition) is 1. The van der Waals surface area contributed by atoms with Gasteiger partial charge in [0.1, 0.15) is 5.75 Å². The number of ether oxygens (including phenoxy) is 1. The van der Waals surface area contributed by atoms with Crippen LogP contribution in [0.4, 0.5) is 45.5 Å². The van der Waals surface area contributed by atoms with E-state index < -0.39 is 59.8 Å². The van der Waals surface area contributed by atoms with Gasteiger partial charge in [0.2, 0.25) is 0 Å². The van der Waals surface area contributed by atoms with Gasteiger partial charge in [-0.3, -0.25) is 0 Å². The second kappa shape index (κ2) is 13.6. The largest absolute Gasteiger partial charge is 0.496 e. The number of carbonyl (C=O) groups is 1. The van der Waals surface area contributed by atoms with Gasteiger partial charge in [-0.15, -0.1) is 5.10 Å². The highest BCUT2D eigenvalue weighted by molar-refractivity contribution is 5.89. The number of aromatic carboxylic acids is 1. The second-order valence-corrected chi connectivity index (χ2v) is 11.5. The fourth-order valence-electron chi connectivity index (χ4n) is 5.50. The molecule has 5 rings (SSSR count). The third-order valence-electron chi connectivity index (χ3n) is 7.87. The first-order valence-electron chi connectivity index (χ1n) is 14.7. The lowest BCUT2D eigenvalue weighted by Crippen LogP contribution is -2.25. The zero-order chi connectivity index (χ0) is 37.5. The van der Waals surface area contributed by atoms with E-state index in [2.05, 4.69) is 15.4 Å². The minimum Gasteiger partial charge on any atom is -0.496 e. The van der Waals surface area contributed by atoms with Gasteiger partial charge >= 0.3 is 24.5 Å². The van der Waals surface area contributed by atoms with Gasteiger partial charge in [-0.25, -0.2) is 4.79 Å². The zero-order valence-electron chi connectivity index (χ0n) is 26.7. The van der Waals surface area contributed by atoms with Crippen LogP contribution in [-0.2, 0) is 38.7 Å². The molecule has 1 heterocycles. The fourth-order valence-corrected chi connectivity index (χ4v) is 5.50. The van der Waals surface area contributed by atoms with Gasteiger partial charge < -0.3 is 14.7 Å². The van der Waals surface area contributed by atoms with Crippen molar-refractivity contribution in [3.63, 3.8) is 0 Å². The van der Waals surface area contributed by atoms with Crippen LogP contribution in [-0.4, -0.2) is 38.4 Å². The highest BCUT2D eigenvalue weighted by Gasteiger charge is 2.37. The predicted molar refractivity (Wildman–Crippen MR) is 166 cm³/mol. The van der Waals surface area contributed by atoms with E-state index in [9.17, 15) is 49.4 Å². The standard InChI is InChI=1S/C34H26F9N5O3/c1-18-10-21(30(49)50)4-7-26(18)20-5-9-29(51-3)28(14-20)27-8-6-23(32(35,36)37)13-22(27)17-48(31-44-46-47(2)45-31)16-19-11-24(33(38,39)40)15-25(12-19)34(41,42)43/h4-15H,16-17H2,1-3H3,(H,49,50). The lowest BCUT2D eigenvalue weighted by atomic mass is 9.91. The van der Waals surface area contributed by atoms with Crippen molar-refractivity contribution in [2.45, 2.75) is 38.5 Å². The number of methoxy groups -OCH3 is 1. The number of rotatable bonds is 9. The first kappa shape index (κ1) is 36.7. The number of hydrogen-bond acceptors (Lipinski definition) is 6. The highest BCUT2D eigenvalue weighted by atomic mass is 19.4. The van der Waals surface area contributed by atoms with Crippen molar-refractivity contribution in [2.24, 2.45) is 7.05 Å². The Morgan fingerprint density at radius 1 is 0.765 bits per heavy atom. The van der Waals surface area contributed by atoms with Gasteiger partial charge in [-0.1, -0.05) is 23.3 Å². The number of nitrogens with zero attached hydrogens (tertiary/aromatic N) is 5. The van der Waals surface area contributed by atoms with Crippen molar-refractivity contribution >= 4 is 11.9 Å². The summed E-state index contributed by atoms with van der Waals surface area (Å²) in [5, 5.41) is 20.9. The fraction of sp³-hybridized carbons (Fsp3) is 0.235. The summed E-state index contributed by atoms with van der Waals surface area (Å²) < 4.78 is 130. The van der Waals surface area contributed by atoms with Crippen molar-refractivity contribution < 1.29 is 54.2 Å². The van der Waals surface area contributed by atoms with Crippen LogP contribution in [0.1, 0.15) is 43.7 Å². The molecule has 5 aromatic rings. The summed E-state index contributed by atoms with van der Waals surface area (Å²) in [6.45, 7) is 0.446. The number of halogens is 9. The monoisotopic (exact) mass is 723 g/mol. The molecule has 51 heavy (non-hydrogen) atoms. The molecule has 0 radical (unpaired) electrons. The second-order valence-electron chi connectivity index (χ2n) is 11.5. The Balaban J connectivity index is 1.68. The summed E-state index contributed by atoms with van der Waals surface area (Å²) in [5.74, 6) is -1.21. The topological polar surface area (TPSA) is 93.4 Å². The van der Waals surface area contributed by atoms with Crippen LogP contribution in [0.15, 0.2) is 72.8 Å². The van der Waals surface area contributed by atoms with Crippen LogP contribution in [0.5, 0.6) is 5.75 Å². The summed E-state index contributed by atoms with van der Waals surface area (Å²) in [4.78, 5) is 13.5. The molecule has 8 nitrogen and oxygen atoms in total. The molecular weight excluding hydrogens is 697 g/mol. The van der Waals surface area contributed by atoms with Crippen molar-refractivity contribution in [2.75, 3.05) is 12.0 Å². The van der Waals surface area contributed by atoms with E-state index in [1.807, 2.05) is 0 Å². The predicted octanol–water partition coefficient (Wildman–Crippen LogP) is 8.82. The third-order valence-corrected chi connectivity index (χ3v) is 7.87. The summed E-state index contributed by atoms with van der Waals surface area (Å²) in [6, 6.07) is 13.0. The quantitative estimate of drug-likeness (QED) is 0.152. The molecule has 0 unspecified atom stereocenters. The summed E-state index contributed by atoms with van der Waals surface area (Å²) >= 11 is 0. The first-order chi connectivity index (χ1) is 23.7. The Bertz CT molecular complexity index is 2060. The van der Waals surface area contributed by atoms with Gasteiger partial charge in [-0.05, 0) is 100 Å². The van der Waals surface area contributed by atoms with Gasteiger partial charge in [0, 0.05) is 18.7 Å². The summed E-state index contributed by atoms with van der Waals surface area (Å²) in [5.41, 5.74) is -2.54. The van der Waals surface area contributed by atoms with E-state index in [0.29, 0.717) is 28.8 Å². The molecule has 1 N–H and O–H groups in total. The summed E-state index contributed by atoms with van der Waals surface area (Å²) in [6.07, 6.45) is -15.1. The van der Waals surface area contributed by atoms with Crippen LogP contribution in [0.2, 0.25) is 0 Å². The maximum atomic E-state index is 14.1. The Labute approximate surface area is 283 Å². The minimum atomic E-state index is -5.15. The van der Waals surface area contributed by atoms with Crippen molar-refractivity contribution in [3.05, 3.63) is 112 Å². The normalized spacial score (nSPS) is 12.2. The van der Waals surface area contributed by atoms with Crippen LogP contribution in [0.25, 0.3) is 22.3 Å². The number of aryl methyl sites for hydroxylation is 2. The SMILES string of the molecule is COc1ccc(-c2ccc(C(=O)O)cc2C)cc1-c1ccc(C(F)(F)F)cc1CN(Cc1cc(C(F)(F)F)cc(C(F)(F)F)c1)c1nnn(C)n1. The molecule has 0 spiro atoms. The van der Waals surface area contributed by atoms with E-state index in [1.54, 1.807) is 31.2 Å². The van der Waals surface area contributed by atoms with Gasteiger partial charge in [0.05, 0.1) is 36.4 Å². The van der Waals surface area contributed by atoms with E-state index in [4.69, 9.17) is 4.74 Å². The van der Waals surface area contributed by atoms with Gasteiger partial charge in [0.25, 0.3) is 5.95 Å².